The van der Waals surface area contributed by atoms with E-state index in [1.807, 2.05) is 30.0 Å². The van der Waals surface area contributed by atoms with Crippen molar-refractivity contribution in [2.45, 2.75) is 50.9 Å². The summed E-state index contributed by atoms with van der Waals surface area (Å²) < 4.78 is 0. The summed E-state index contributed by atoms with van der Waals surface area (Å²) in [6.07, 6.45) is 3.31. The van der Waals surface area contributed by atoms with Crippen molar-refractivity contribution in [3.63, 3.8) is 0 Å². The molecule has 0 atom stereocenters. The van der Waals surface area contributed by atoms with Crippen LogP contribution < -0.4 is 4.90 Å². The molecule has 0 bridgehead atoms. The van der Waals surface area contributed by atoms with Gasteiger partial charge in [0.1, 0.15) is 5.82 Å². The molecule has 1 saturated heterocycles. The molecule has 1 fully saturated rings. The smallest absolute Gasteiger partial charge is 0.253 e. The first-order chi connectivity index (χ1) is 13.5. The Morgan fingerprint density at radius 1 is 1.21 bits per heavy atom. The summed E-state index contributed by atoms with van der Waals surface area (Å²) >= 11 is 1.62. The van der Waals surface area contributed by atoms with Crippen LogP contribution >= 0.6 is 11.8 Å². The topological polar surface area (TPSA) is 49.3 Å². The fourth-order valence-electron chi connectivity index (χ4n) is 3.51. The van der Waals surface area contributed by atoms with Crippen molar-refractivity contribution < 1.29 is 4.79 Å². The van der Waals surface area contributed by atoms with E-state index in [2.05, 4.69) is 36.8 Å². The lowest BCUT2D eigenvalue weighted by molar-refractivity contribution is 0.0792. The van der Waals surface area contributed by atoms with Crippen LogP contribution in [0.1, 0.15) is 53.4 Å². The van der Waals surface area contributed by atoms with Crippen LogP contribution in [0.5, 0.6) is 0 Å². The van der Waals surface area contributed by atoms with Crippen LogP contribution in [0, 0.1) is 13.8 Å². The number of rotatable bonds is 7. The SMILES string of the molecule is CCCN(C)c1nc(SCc2cccc(C(=O)N3CCCC3)c2)nc(C)c1C. The second-order valence-electron chi connectivity index (χ2n) is 7.45. The third-order valence-corrected chi connectivity index (χ3v) is 6.12. The maximum atomic E-state index is 12.6. The van der Waals surface area contributed by atoms with Crippen molar-refractivity contribution in [1.29, 1.82) is 0 Å². The number of carbonyl (C=O) groups excluding carboxylic acids is 1. The Bertz CT molecular complexity index is 833. The predicted molar refractivity (Wildman–Crippen MR) is 116 cm³/mol. The first-order valence-corrected chi connectivity index (χ1v) is 11.1. The molecule has 0 saturated carbocycles. The van der Waals surface area contributed by atoms with Crippen molar-refractivity contribution in [2.24, 2.45) is 0 Å². The van der Waals surface area contributed by atoms with Crippen LogP contribution in [0.25, 0.3) is 0 Å². The van der Waals surface area contributed by atoms with Crippen LogP contribution in [0.15, 0.2) is 29.4 Å². The van der Waals surface area contributed by atoms with E-state index in [4.69, 9.17) is 4.98 Å². The van der Waals surface area contributed by atoms with E-state index in [-0.39, 0.29) is 5.91 Å². The number of likely N-dealkylation sites (tertiary alicyclic amines) is 1. The van der Waals surface area contributed by atoms with Crippen molar-refractivity contribution in [1.82, 2.24) is 14.9 Å². The number of nitrogens with zero attached hydrogens (tertiary/aromatic N) is 4. The molecule has 0 spiro atoms. The Hall–Kier alpha value is -2.08. The molecule has 5 nitrogen and oxygen atoms in total. The largest absolute Gasteiger partial charge is 0.359 e. The van der Waals surface area contributed by atoms with Crippen molar-refractivity contribution in [3.8, 4) is 0 Å². The van der Waals surface area contributed by atoms with Crippen molar-refractivity contribution in [3.05, 3.63) is 46.6 Å². The van der Waals surface area contributed by atoms with Gasteiger partial charge in [0.25, 0.3) is 5.91 Å². The highest BCUT2D eigenvalue weighted by Crippen LogP contribution is 2.26. The van der Waals surface area contributed by atoms with Gasteiger partial charge in [-0.15, -0.1) is 0 Å². The minimum absolute atomic E-state index is 0.148. The Balaban J connectivity index is 1.72. The molecule has 150 valence electrons. The van der Waals surface area contributed by atoms with Gasteiger partial charge in [0.2, 0.25) is 0 Å². The third-order valence-electron chi connectivity index (χ3n) is 5.20. The summed E-state index contributed by atoms with van der Waals surface area (Å²) in [6.45, 7) is 9.02. The van der Waals surface area contributed by atoms with E-state index in [1.165, 1.54) is 0 Å². The zero-order valence-corrected chi connectivity index (χ0v) is 18.2. The zero-order chi connectivity index (χ0) is 20.1. The van der Waals surface area contributed by atoms with E-state index >= 15 is 0 Å². The van der Waals surface area contributed by atoms with Crippen LogP contribution in [0.3, 0.4) is 0 Å². The number of thioether (sulfide) groups is 1. The molecule has 1 amide bonds. The lowest BCUT2D eigenvalue weighted by atomic mass is 10.1. The lowest BCUT2D eigenvalue weighted by Crippen LogP contribution is -2.27. The standard InChI is InChI=1S/C22H30N4OS/c1-5-11-25(4)20-16(2)17(3)23-22(24-20)28-15-18-9-8-10-19(14-18)21(27)26-12-6-7-13-26/h8-10,14H,5-7,11-13,15H2,1-4H3. The monoisotopic (exact) mass is 398 g/mol. The Kier molecular flexibility index (Phi) is 6.94. The van der Waals surface area contributed by atoms with E-state index in [0.29, 0.717) is 0 Å². The van der Waals surface area contributed by atoms with E-state index in [1.54, 1.807) is 11.8 Å². The van der Waals surface area contributed by atoms with E-state index in [9.17, 15) is 4.79 Å². The highest BCUT2D eigenvalue weighted by Gasteiger charge is 2.19. The van der Waals surface area contributed by atoms with Gasteiger partial charge in [-0.25, -0.2) is 9.97 Å². The molecule has 1 aromatic heterocycles. The fourth-order valence-corrected chi connectivity index (χ4v) is 4.34. The van der Waals surface area contributed by atoms with Crippen LogP contribution in [0.2, 0.25) is 0 Å². The van der Waals surface area contributed by atoms with Crippen molar-refractivity contribution in [2.75, 3.05) is 31.6 Å². The maximum absolute atomic E-state index is 12.6. The Labute approximate surface area is 172 Å². The number of anilines is 1. The highest BCUT2D eigenvalue weighted by atomic mass is 32.2. The summed E-state index contributed by atoms with van der Waals surface area (Å²) in [6, 6.07) is 7.97. The lowest BCUT2D eigenvalue weighted by Gasteiger charge is -2.21. The van der Waals surface area contributed by atoms with Crippen LogP contribution in [-0.2, 0) is 5.75 Å². The first kappa shape index (κ1) is 20.6. The summed E-state index contributed by atoms with van der Waals surface area (Å²) in [5.41, 5.74) is 4.07. The first-order valence-electron chi connectivity index (χ1n) is 10.1. The number of carbonyl (C=O) groups is 1. The van der Waals surface area contributed by atoms with Gasteiger partial charge in [0, 0.05) is 49.3 Å². The average Bonchev–Trinajstić information content (AvgIpc) is 3.23. The molecule has 0 radical (unpaired) electrons. The summed E-state index contributed by atoms with van der Waals surface area (Å²) in [5.74, 6) is 1.91. The maximum Gasteiger partial charge on any atom is 0.253 e. The minimum Gasteiger partial charge on any atom is -0.359 e. The third kappa shape index (κ3) is 4.85. The fraction of sp³-hybridized carbons (Fsp3) is 0.500. The molecule has 1 aliphatic heterocycles. The molecule has 0 N–H and O–H groups in total. The number of benzene rings is 1. The van der Waals surface area contributed by atoms with Gasteiger partial charge in [-0.2, -0.15) is 0 Å². The normalized spacial score (nSPS) is 13.8. The van der Waals surface area contributed by atoms with Gasteiger partial charge < -0.3 is 9.80 Å². The molecule has 28 heavy (non-hydrogen) atoms. The molecule has 2 aromatic rings. The number of amides is 1. The number of hydrogen-bond donors (Lipinski definition) is 0. The second-order valence-corrected chi connectivity index (χ2v) is 8.39. The molecular weight excluding hydrogens is 368 g/mol. The highest BCUT2D eigenvalue weighted by molar-refractivity contribution is 7.98. The van der Waals surface area contributed by atoms with Gasteiger partial charge >= 0.3 is 0 Å². The summed E-state index contributed by atoms with van der Waals surface area (Å²) in [4.78, 5) is 26.2. The molecule has 6 heteroatoms. The Morgan fingerprint density at radius 2 is 1.96 bits per heavy atom. The molecule has 2 heterocycles. The van der Waals surface area contributed by atoms with Gasteiger partial charge in [0.15, 0.2) is 5.16 Å². The molecule has 0 aliphatic carbocycles. The van der Waals surface area contributed by atoms with Crippen LogP contribution in [-0.4, -0.2) is 47.5 Å². The predicted octanol–water partition coefficient (Wildman–Crippen LogP) is 4.47. The van der Waals surface area contributed by atoms with Gasteiger partial charge in [-0.3, -0.25) is 4.79 Å². The van der Waals surface area contributed by atoms with Crippen molar-refractivity contribution >= 4 is 23.5 Å². The molecular formula is C22H30N4OS. The quantitative estimate of drug-likeness (QED) is 0.509. The van der Waals surface area contributed by atoms with Gasteiger partial charge in [-0.1, -0.05) is 30.8 Å². The average molecular weight is 399 g/mol. The molecule has 1 aromatic carbocycles. The summed E-state index contributed by atoms with van der Waals surface area (Å²) in [7, 11) is 2.08. The molecule has 1 aliphatic rings. The second kappa shape index (κ2) is 9.41. The molecule has 0 unspecified atom stereocenters. The van der Waals surface area contributed by atoms with Gasteiger partial charge in [0.05, 0.1) is 0 Å². The minimum atomic E-state index is 0.148. The number of aromatic nitrogens is 2. The summed E-state index contributed by atoms with van der Waals surface area (Å²) in [5, 5.41) is 0.789. The van der Waals surface area contributed by atoms with E-state index < -0.39 is 0 Å². The number of aryl methyl sites for hydroxylation is 1. The Morgan fingerprint density at radius 3 is 2.68 bits per heavy atom. The van der Waals surface area contributed by atoms with Gasteiger partial charge in [-0.05, 0) is 50.8 Å². The van der Waals surface area contributed by atoms with Crippen LogP contribution in [0.4, 0.5) is 5.82 Å². The van der Waals surface area contributed by atoms with E-state index in [0.717, 1.165) is 78.0 Å². The zero-order valence-electron chi connectivity index (χ0n) is 17.4. The number of hydrogen-bond acceptors (Lipinski definition) is 5. The molecule has 3 rings (SSSR count).